The summed E-state index contributed by atoms with van der Waals surface area (Å²) in [5.41, 5.74) is 1.03. The standard InChI is InChI=1S/C13H15NO2S/c1-17-13-7-3-2-5-10(13)14-9-11(15)12-6-4-8-16-12/h2-8,11,14-15H,9H2,1H3. The van der Waals surface area contributed by atoms with E-state index < -0.39 is 6.10 Å². The number of aliphatic hydroxyl groups is 1. The first-order valence-electron chi connectivity index (χ1n) is 5.39. The zero-order valence-electron chi connectivity index (χ0n) is 9.59. The fourth-order valence-corrected chi connectivity index (χ4v) is 2.15. The van der Waals surface area contributed by atoms with Gasteiger partial charge in [0.05, 0.1) is 6.26 Å². The molecule has 2 aromatic rings. The predicted octanol–water partition coefficient (Wildman–Crippen LogP) is 3.15. The average Bonchev–Trinajstić information content (AvgIpc) is 2.90. The maximum absolute atomic E-state index is 9.87. The third kappa shape index (κ3) is 3.05. The molecule has 1 heterocycles. The Morgan fingerprint density at radius 1 is 1.29 bits per heavy atom. The van der Waals surface area contributed by atoms with Gasteiger partial charge in [-0.15, -0.1) is 11.8 Å². The summed E-state index contributed by atoms with van der Waals surface area (Å²) >= 11 is 1.68. The fraction of sp³-hybridized carbons (Fsp3) is 0.231. The molecule has 0 amide bonds. The molecule has 2 N–H and O–H groups in total. The van der Waals surface area contributed by atoms with Crippen LogP contribution in [0.2, 0.25) is 0 Å². The molecule has 0 aliphatic heterocycles. The number of anilines is 1. The van der Waals surface area contributed by atoms with E-state index in [0.29, 0.717) is 12.3 Å². The smallest absolute Gasteiger partial charge is 0.134 e. The Balaban J connectivity index is 1.98. The van der Waals surface area contributed by atoms with Gasteiger partial charge in [0.15, 0.2) is 0 Å². The van der Waals surface area contributed by atoms with E-state index in [9.17, 15) is 5.11 Å². The van der Waals surface area contributed by atoms with Crippen molar-refractivity contribution in [3.8, 4) is 0 Å². The lowest BCUT2D eigenvalue weighted by atomic mass is 10.2. The van der Waals surface area contributed by atoms with Crippen molar-refractivity contribution in [2.24, 2.45) is 0 Å². The molecule has 0 aliphatic rings. The van der Waals surface area contributed by atoms with Crippen LogP contribution in [0.25, 0.3) is 0 Å². The second-order valence-corrected chi connectivity index (χ2v) is 4.46. The van der Waals surface area contributed by atoms with Crippen LogP contribution in [-0.4, -0.2) is 17.9 Å². The van der Waals surface area contributed by atoms with Crippen molar-refractivity contribution < 1.29 is 9.52 Å². The highest BCUT2D eigenvalue weighted by atomic mass is 32.2. The maximum atomic E-state index is 9.87. The van der Waals surface area contributed by atoms with Gasteiger partial charge in [-0.3, -0.25) is 0 Å². The summed E-state index contributed by atoms with van der Waals surface area (Å²) in [5.74, 6) is 0.583. The second-order valence-electron chi connectivity index (χ2n) is 3.61. The summed E-state index contributed by atoms with van der Waals surface area (Å²) in [6.45, 7) is 0.436. The molecule has 1 aromatic carbocycles. The van der Waals surface area contributed by atoms with E-state index in [1.54, 1.807) is 30.2 Å². The van der Waals surface area contributed by atoms with E-state index in [4.69, 9.17) is 4.42 Å². The molecule has 90 valence electrons. The van der Waals surface area contributed by atoms with Gasteiger partial charge < -0.3 is 14.8 Å². The Morgan fingerprint density at radius 3 is 2.82 bits per heavy atom. The normalized spacial score (nSPS) is 12.4. The molecule has 0 saturated heterocycles. The summed E-state index contributed by atoms with van der Waals surface area (Å²) in [4.78, 5) is 1.17. The largest absolute Gasteiger partial charge is 0.467 e. The van der Waals surface area contributed by atoms with Crippen molar-refractivity contribution in [3.05, 3.63) is 48.4 Å². The quantitative estimate of drug-likeness (QED) is 0.799. The SMILES string of the molecule is CSc1ccccc1NCC(O)c1ccco1. The van der Waals surface area contributed by atoms with Gasteiger partial charge in [0.2, 0.25) is 0 Å². The highest BCUT2D eigenvalue weighted by Gasteiger charge is 2.10. The third-order valence-electron chi connectivity index (χ3n) is 2.46. The number of para-hydroxylation sites is 1. The summed E-state index contributed by atoms with van der Waals surface area (Å²) in [7, 11) is 0. The fourth-order valence-electron chi connectivity index (χ4n) is 1.58. The molecule has 17 heavy (non-hydrogen) atoms. The molecule has 2 rings (SSSR count). The van der Waals surface area contributed by atoms with E-state index in [2.05, 4.69) is 5.32 Å². The van der Waals surface area contributed by atoms with Crippen LogP contribution in [0.1, 0.15) is 11.9 Å². The van der Waals surface area contributed by atoms with Gasteiger partial charge in [0, 0.05) is 17.1 Å². The van der Waals surface area contributed by atoms with Crippen molar-refractivity contribution in [2.45, 2.75) is 11.0 Å². The first-order valence-corrected chi connectivity index (χ1v) is 6.62. The Bertz CT molecular complexity index is 456. The zero-order valence-corrected chi connectivity index (χ0v) is 10.4. The van der Waals surface area contributed by atoms with E-state index in [0.717, 1.165) is 5.69 Å². The van der Waals surface area contributed by atoms with Crippen molar-refractivity contribution in [3.63, 3.8) is 0 Å². The number of furan rings is 1. The Hall–Kier alpha value is -1.39. The van der Waals surface area contributed by atoms with E-state index in [1.165, 1.54) is 4.90 Å². The van der Waals surface area contributed by atoms with Crippen LogP contribution >= 0.6 is 11.8 Å². The summed E-state index contributed by atoms with van der Waals surface area (Å²) in [6.07, 6.45) is 2.97. The molecule has 1 unspecified atom stereocenters. The molecular weight excluding hydrogens is 234 g/mol. The highest BCUT2D eigenvalue weighted by Crippen LogP contribution is 2.25. The zero-order chi connectivity index (χ0) is 12.1. The Morgan fingerprint density at radius 2 is 2.12 bits per heavy atom. The van der Waals surface area contributed by atoms with Crippen LogP contribution in [0.15, 0.2) is 52.0 Å². The third-order valence-corrected chi connectivity index (χ3v) is 3.26. The number of thioether (sulfide) groups is 1. The molecule has 1 aromatic heterocycles. The molecule has 0 fully saturated rings. The summed E-state index contributed by atoms with van der Waals surface area (Å²) in [5, 5.41) is 13.1. The maximum Gasteiger partial charge on any atom is 0.134 e. The lowest BCUT2D eigenvalue weighted by Gasteiger charge is -2.13. The first-order chi connectivity index (χ1) is 8.31. The van der Waals surface area contributed by atoms with Gasteiger partial charge >= 0.3 is 0 Å². The van der Waals surface area contributed by atoms with Crippen molar-refractivity contribution in [1.29, 1.82) is 0 Å². The topological polar surface area (TPSA) is 45.4 Å². The van der Waals surface area contributed by atoms with Crippen molar-refractivity contribution in [2.75, 3.05) is 18.1 Å². The molecule has 0 spiro atoms. The van der Waals surface area contributed by atoms with Crippen LogP contribution in [0, 0.1) is 0 Å². The lowest BCUT2D eigenvalue weighted by molar-refractivity contribution is 0.162. The van der Waals surface area contributed by atoms with Crippen molar-refractivity contribution >= 4 is 17.4 Å². The monoisotopic (exact) mass is 249 g/mol. The number of hydrogen-bond donors (Lipinski definition) is 2. The van der Waals surface area contributed by atoms with Gasteiger partial charge in [-0.25, -0.2) is 0 Å². The summed E-state index contributed by atoms with van der Waals surface area (Å²) < 4.78 is 5.15. The Labute approximate surface area is 105 Å². The number of rotatable bonds is 5. The molecular formula is C13H15NO2S. The predicted molar refractivity (Wildman–Crippen MR) is 70.4 cm³/mol. The number of benzene rings is 1. The minimum atomic E-state index is -0.625. The van der Waals surface area contributed by atoms with Gasteiger partial charge in [0.1, 0.15) is 11.9 Å². The van der Waals surface area contributed by atoms with Crippen LogP contribution in [-0.2, 0) is 0 Å². The first kappa shape index (κ1) is 12.1. The van der Waals surface area contributed by atoms with Gasteiger partial charge in [0.25, 0.3) is 0 Å². The molecule has 0 aliphatic carbocycles. The summed E-state index contributed by atoms with van der Waals surface area (Å²) in [6, 6.07) is 11.6. The molecule has 0 saturated carbocycles. The van der Waals surface area contributed by atoms with Crippen LogP contribution in [0.3, 0.4) is 0 Å². The minimum Gasteiger partial charge on any atom is -0.467 e. The van der Waals surface area contributed by atoms with Gasteiger partial charge in [-0.05, 0) is 30.5 Å². The van der Waals surface area contributed by atoms with Crippen LogP contribution in [0.4, 0.5) is 5.69 Å². The number of nitrogens with one attached hydrogen (secondary N) is 1. The van der Waals surface area contributed by atoms with Crippen molar-refractivity contribution in [1.82, 2.24) is 0 Å². The molecule has 0 bridgehead atoms. The molecule has 3 nitrogen and oxygen atoms in total. The van der Waals surface area contributed by atoms with Crippen LogP contribution < -0.4 is 5.32 Å². The minimum absolute atomic E-state index is 0.436. The molecule has 0 radical (unpaired) electrons. The van der Waals surface area contributed by atoms with Gasteiger partial charge in [-0.1, -0.05) is 12.1 Å². The van der Waals surface area contributed by atoms with Crippen LogP contribution in [0.5, 0.6) is 0 Å². The van der Waals surface area contributed by atoms with E-state index in [1.807, 2.05) is 30.5 Å². The molecule has 4 heteroatoms. The van der Waals surface area contributed by atoms with E-state index >= 15 is 0 Å². The highest BCUT2D eigenvalue weighted by molar-refractivity contribution is 7.98. The Kier molecular flexibility index (Phi) is 4.12. The molecule has 1 atom stereocenters. The second kappa shape index (κ2) is 5.80. The van der Waals surface area contributed by atoms with Gasteiger partial charge in [-0.2, -0.15) is 0 Å². The number of hydrogen-bond acceptors (Lipinski definition) is 4. The average molecular weight is 249 g/mol. The number of aliphatic hydroxyl groups excluding tert-OH is 1. The lowest BCUT2D eigenvalue weighted by Crippen LogP contribution is -2.11. The van der Waals surface area contributed by atoms with E-state index in [-0.39, 0.29) is 0 Å².